The van der Waals surface area contributed by atoms with Crippen molar-refractivity contribution in [3.63, 3.8) is 0 Å². The second-order valence-electron chi connectivity index (χ2n) is 17.4. The van der Waals surface area contributed by atoms with E-state index in [4.69, 9.17) is 0 Å². The first-order valence-corrected chi connectivity index (χ1v) is 21.9. The highest BCUT2D eigenvalue weighted by molar-refractivity contribution is 6.11. The molecule has 10 aromatic carbocycles. The van der Waals surface area contributed by atoms with Gasteiger partial charge in [0, 0.05) is 38.8 Å². The average molecular weight is 805 g/mol. The molecular weight excluding hydrogens is 761 g/mol. The molecular formula is C61H44N2. The van der Waals surface area contributed by atoms with Crippen LogP contribution in [0, 0.1) is 0 Å². The number of hydrogen-bond donors (Lipinski definition) is 0. The molecule has 1 aliphatic carbocycles. The first kappa shape index (κ1) is 36.9. The van der Waals surface area contributed by atoms with Gasteiger partial charge in [-0.3, -0.25) is 0 Å². The molecule has 0 N–H and O–H groups in total. The van der Waals surface area contributed by atoms with Gasteiger partial charge >= 0.3 is 0 Å². The monoisotopic (exact) mass is 804 g/mol. The van der Waals surface area contributed by atoms with Crippen LogP contribution >= 0.6 is 0 Å². The van der Waals surface area contributed by atoms with E-state index < -0.39 is 0 Å². The van der Waals surface area contributed by atoms with Gasteiger partial charge in [0.25, 0.3) is 0 Å². The molecule has 1 aromatic heterocycles. The van der Waals surface area contributed by atoms with Crippen LogP contribution in [-0.2, 0) is 5.41 Å². The number of fused-ring (bicyclic) bond motifs is 7. The Bertz CT molecular complexity index is 3520. The van der Waals surface area contributed by atoms with Crippen LogP contribution in [0.15, 0.2) is 231 Å². The predicted molar refractivity (Wildman–Crippen MR) is 267 cm³/mol. The van der Waals surface area contributed by atoms with E-state index >= 15 is 0 Å². The molecule has 0 bridgehead atoms. The number of hydrogen-bond acceptors (Lipinski definition) is 1. The molecule has 1 aliphatic rings. The Kier molecular flexibility index (Phi) is 8.55. The lowest BCUT2D eigenvalue weighted by molar-refractivity contribution is 0.660. The van der Waals surface area contributed by atoms with Gasteiger partial charge in [-0.05, 0) is 128 Å². The SMILES string of the molecule is CC1(C)c2ccccc2-c2ccc(N(c3ccc(-c4ccccc4)cc3)c3ccc(-c4ccccc4-n4c5ccccc5c5cc(-c6ccc7ccccc7c6)ccc54)cc3)cc21. The summed E-state index contributed by atoms with van der Waals surface area (Å²) < 4.78 is 2.45. The smallest absolute Gasteiger partial charge is 0.0541 e. The molecule has 0 saturated heterocycles. The van der Waals surface area contributed by atoms with Crippen molar-refractivity contribution in [1.29, 1.82) is 0 Å². The molecule has 298 valence electrons. The molecule has 11 aromatic rings. The van der Waals surface area contributed by atoms with Crippen molar-refractivity contribution in [2.45, 2.75) is 19.3 Å². The van der Waals surface area contributed by atoms with Gasteiger partial charge in [0.1, 0.15) is 0 Å². The fraction of sp³-hybridized carbons (Fsp3) is 0.0492. The Labute approximate surface area is 368 Å². The van der Waals surface area contributed by atoms with Gasteiger partial charge in [0.05, 0.1) is 16.7 Å². The lowest BCUT2D eigenvalue weighted by atomic mass is 9.82. The molecule has 0 aliphatic heterocycles. The first-order valence-electron chi connectivity index (χ1n) is 21.9. The van der Waals surface area contributed by atoms with Crippen molar-refractivity contribution in [2.24, 2.45) is 0 Å². The van der Waals surface area contributed by atoms with Gasteiger partial charge in [0.2, 0.25) is 0 Å². The van der Waals surface area contributed by atoms with E-state index in [1.165, 1.54) is 82.6 Å². The van der Waals surface area contributed by atoms with E-state index in [9.17, 15) is 0 Å². The van der Waals surface area contributed by atoms with Crippen LogP contribution in [0.5, 0.6) is 0 Å². The third-order valence-corrected chi connectivity index (χ3v) is 13.4. The molecule has 2 nitrogen and oxygen atoms in total. The molecule has 12 rings (SSSR count). The summed E-state index contributed by atoms with van der Waals surface area (Å²) in [6, 6.07) is 84.6. The van der Waals surface area contributed by atoms with Crippen LogP contribution in [0.1, 0.15) is 25.0 Å². The lowest BCUT2D eigenvalue weighted by Gasteiger charge is -2.28. The zero-order chi connectivity index (χ0) is 42.1. The Balaban J connectivity index is 0.958. The molecule has 0 saturated carbocycles. The number of anilines is 3. The highest BCUT2D eigenvalue weighted by Crippen LogP contribution is 2.51. The van der Waals surface area contributed by atoms with E-state index in [0.29, 0.717) is 0 Å². The minimum absolute atomic E-state index is 0.108. The Morgan fingerprint density at radius 2 is 0.889 bits per heavy atom. The summed E-state index contributed by atoms with van der Waals surface area (Å²) in [7, 11) is 0. The predicted octanol–water partition coefficient (Wildman–Crippen LogP) is 16.7. The molecule has 0 spiro atoms. The highest BCUT2D eigenvalue weighted by atomic mass is 15.1. The maximum Gasteiger partial charge on any atom is 0.0541 e. The Hall–Kier alpha value is -7.94. The highest BCUT2D eigenvalue weighted by Gasteiger charge is 2.35. The third-order valence-electron chi connectivity index (χ3n) is 13.4. The van der Waals surface area contributed by atoms with Crippen LogP contribution in [-0.4, -0.2) is 4.57 Å². The molecule has 1 heterocycles. The number of rotatable bonds is 7. The van der Waals surface area contributed by atoms with Gasteiger partial charge in [-0.1, -0.05) is 178 Å². The largest absolute Gasteiger partial charge is 0.310 e. The molecule has 0 amide bonds. The standard InChI is InChI=1S/C61H44N2/c1-61(2)56-21-11-8-19-52(56)53-36-35-50(40-57(53)61)62(48-31-26-43(27-32-48)41-14-4-3-5-15-41)49-33-28-44(29-34-49)51-18-9-12-22-58(51)63-59-23-13-10-20-54(59)55-39-47(30-37-60(55)63)46-25-24-42-16-6-7-17-45(42)38-46/h3-40H,1-2H3. The van der Waals surface area contributed by atoms with Crippen LogP contribution in [0.2, 0.25) is 0 Å². The summed E-state index contributed by atoms with van der Waals surface area (Å²) in [5.74, 6) is 0. The Morgan fingerprint density at radius 3 is 1.70 bits per heavy atom. The van der Waals surface area contributed by atoms with Crippen molar-refractivity contribution >= 4 is 49.6 Å². The van der Waals surface area contributed by atoms with E-state index in [1.54, 1.807) is 0 Å². The van der Waals surface area contributed by atoms with Gasteiger partial charge in [-0.2, -0.15) is 0 Å². The van der Waals surface area contributed by atoms with E-state index in [2.05, 4.69) is 254 Å². The van der Waals surface area contributed by atoms with E-state index in [1.807, 2.05) is 0 Å². The van der Waals surface area contributed by atoms with Crippen LogP contribution < -0.4 is 4.90 Å². The van der Waals surface area contributed by atoms with Crippen molar-refractivity contribution < 1.29 is 0 Å². The summed E-state index contributed by atoms with van der Waals surface area (Å²) in [5, 5.41) is 5.00. The maximum absolute atomic E-state index is 2.45. The quantitative estimate of drug-likeness (QED) is 0.156. The van der Waals surface area contributed by atoms with Gasteiger partial charge < -0.3 is 9.47 Å². The molecule has 63 heavy (non-hydrogen) atoms. The first-order chi connectivity index (χ1) is 31.0. The van der Waals surface area contributed by atoms with Crippen molar-refractivity contribution in [3.05, 3.63) is 242 Å². The molecule has 0 unspecified atom stereocenters. The summed E-state index contributed by atoms with van der Waals surface area (Å²) >= 11 is 0. The molecule has 2 heteroatoms. The van der Waals surface area contributed by atoms with E-state index in [-0.39, 0.29) is 5.41 Å². The second kappa shape index (κ2) is 14.6. The van der Waals surface area contributed by atoms with Crippen molar-refractivity contribution in [3.8, 4) is 50.2 Å². The maximum atomic E-state index is 2.45. The lowest BCUT2D eigenvalue weighted by Crippen LogP contribution is -2.16. The summed E-state index contributed by atoms with van der Waals surface area (Å²) in [6.07, 6.45) is 0. The van der Waals surface area contributed by atoms with E-state index in [0.717, 1.165) is 28.3 Å². The second-order valence-corrected chi connectivity index (χ2v) is 17.4. The normalized spacial score (nSPS) is 12.7. The van der Waals surface area contributed by atoms with Gasteiger partial charge in [-0.25, -0.2) is 0 Å². The molecule has 0 fully saturated rings. The third kappa shape index (κ3) is 6.09. The Morgan fingerprint density at radius 1 is 0.333 bits per heavy atom. The topological polar surface area (TPSA) is 8.17 Å². The summed E-state index contributed by atoms with van der Waals surface area (Å²) in [6.45, 7) is 4.71. The number of nitrogens with zero attached hydrogens (tertiary/aromatic N) is 2. The number of aromatic nitrogens is 1. The zero-order valence-electron chi connectivity index (χ0n) is 35.3. The minimum Gasteiger partial charge on any atom is -0.310 e. The summed E-state index contributed by atoms with van der Waals surface area (Å²) in [4.78, 5) is 2.41. The zero-order valence-corrected chi connectivity index (χ0v) is 35.3. The fourth-order valence-electron chi connectivity index (χ4n) is 10.2. The molecule has 0 radical (unpaired) electrons. The van der Waals surface area contributed by atoms with Crippen LogP contribution in [0.3, 0.4) is 0 Å². The average Bonchev–Trinajstić information content (AvgIpc) is 3.79. The summed E-state index contributed by atoms with van der Waals surface area (Å²) in [5.41, 5.74) is 19.4. The number of benzene rings is 10. The minimum atomic E-state index is -0.108. The van der Waals surface area contributed by atoms with Crippen molar-refractivity contribution in [2.75, 3.05) is 4.90 Å². The van der Waals surface area contributed by atoms with Crippen LogP contribution in [0.4, 0.5) is 17.1 Å². The number of para-hydroxylation sites is 2. The fourth-order valence-corrected chi connectivity index (χ4v) is 10.2. The van der Waals surface area contributed by atoms with Gasteiger partial charge in [0.15, 0.2) is 0 Å². The van der Waals surface area contributed by atoms with Gasteiger partial charge in [-0.15, -0.1) is 0 Å². The van der Waals surface area contributed by atoms with Crippen LogP contribution in [0.25, 0.3) is 82.8 Å². The molecule has 0 atom stereocenters. The van der Waals surface area contributed by atoms with Crippen molar-refractivity contribution in [1.82, 2.24) is 4.57 Å².